The first-order chi connectivity index (χ1) is 8.52. The van der Waals surface area contributed by atoms with E-state index < -0.39 is 17.7 Å². The van der Waals surface area contributed by atoms with Crippen molar-refractivity contribution in [3.8, 4) is 0 Å². The number of aryl methyl sites for hydroxylation is 2. The van der Waals surface area contributed by atoms with E-state index in [2.05, 4.69) is 0 Å². The fraction of sp³-hybridized carbons (Fsp3) is 0.286. The van der Waals surface area contributed by atoms with Crippen LogP contribution in [0.4, 0.5) is 8.78 Å². The summed E-state index contributed by atoms with van der Waals surface area (Å²) in [5, 5.41) is 0. The molecular weight excluding hydrogens is 236 g/mol. The first kappa shape index (κ1) is 12.8. The van der Waals surface area contributed by atoms with Gasteiger partial charge in [-0.3, -0.25) is 0 Å². The summed E-state index contributed by atoms with van der Waals surface area (Å²) in [5.41, 5.74) is 6.27. The maximum atomic E-state index is 13.8. The fourth-order valence-electron chi connectivity index (χ4n) is 1.80. The monoisotopic (exact) mass is 251 g/mol. The molecule has 96 valence electrons. The molecule has 18 heavy (non-hydrogen) atoms. The average molecular weight is 251 g/mol. The van der Waals surface area contributed by atoms with Crippen molar-refractivity contribution in [2.24, 2.45) is 5.73 Å². The molecule has 1 aromatic heterocycles. The number of furan rings is 1. The predicted molar refractivity (Wildman–Crippen MR) is 65.2 cm³/mol. The maximum absolute atomic E-state index is 13.8. The van der Waals surface area contributed by atoms with Crippen molar-refractivity contribution in [3.05, 3.63) is 58.5 Å². The van der Waals surface area contributed by atoms with E-state index in [4.69, 9.17) is 10.2 Å². The Morgan fingerprint density at radius 2 is 1.94 bits per heavy atom. The molecule has 0 spiro atoms. The molecule has 2 nitrogen and oxygen atoms in total. The van der Waals surface area contributed by atoms with Crippen LogP contribution in [-0.2, 0) is 6.42 Å². The highest BCUT2D eigenvalue weighted by molar-refractivity contribution is 5.32. The molecule has 1 atom stereocenters. The van der Waals surface area contributed by atoms with Crippen molar-refractivity contribution in [1.29, 1.82) is 0 Å². The lowest BCUT2D eigenvalue weighted by atomic mass is 10.0. The van der Waals surface area contributed by atoms with Crippen LogP contribution in [0.2, 0.25) is 0 Å². The van der Waals surface area contributed by atoms with Crippen LogP contribution in [0.1, 0.15) is 35.6 Å². The van der Waals surface area contributed by atoms with Gasteiger partial charge in [0, 0.05) is 12.0 Å². The molecule has 0 bridgehead atoms. The van der Waals surface area contributed by atoms with Crippen molar-refractivity contribution >= 4 is 0 Å². The summed E-state index contributed by atoms with van der Waals surface area (Å²) < 4.78 is 32.7. The van der Waals surface area contributed by atoms with Gasteiger partial charge >= 0.3 is 0 Å². The smallest absolute Gasteiger partial charge is 0.128 e. The first-order valence-corrected chi connectivity index (χ1v) is 5.82. The second-order valence-electron chi connectivity index (χ2n) is 4.26. The third kappa shape index (κ3) is 2.29. The molecule has 1 aromatic carbocycles. The number of hydrogen-bond acceptors (Lipinski definition) is 2. The topological polar surface area (TPSA) is 39.2 Å². The summed E-state index contributed by atoms with van der Waals surface area (Å²) in [6, 6.07) is 4.97. The second-order valence-corrected chi connectivity index (χ2v) is 4.26. The molecule has 4 heteroatoms. The van der Waals surface area contributed by atoms with E-state index in [1.165, 1.54) is 6.92 Å². The van der Waals surface area contributed by atoms with Gasteiger partial charge in [-0.05, 0) is 36.8 Å². The van der Waals surface area contributed by atoms with Crippen LogP contribution in [0.15, 0.2) is 28.7 Å². The Kier molecular flexibility index (Phi) is 3.48. The molecule has 2 rings (SSSR count). The third-order valence-corrected chi connectivity index (χ3v) is 2.95. The molecule has 1 unspecified atom stereocenters. The summed E-state index contributed by atoms with van der Waals surface area (Å²) in [5.74, 6) is 0.224. The quantitative estimate of drug-likeness (QED) is 0.907. The van der Waals surface area contributed by atoms with Gasteiger partial charge in [0.1, 0.15) is 23.2 Å². The molecule has 0 aliphatic rings. The lowest BCUT2D eigenvalue weighted by Crippen LogP contribution is -2.13. The van der Waals surface area contributed by atoms with Crippen molar-refractivity contribution in [2.75, 3.05) is 0 Å². The molecule has 2 aromatic rings. The lowest BCUT2D eigenvalue weighted by molar-refractivity contribution is 0.447. The second kappa shape index (κ2) is 4.90. The molecule has 0 fully saturated rings. The summed E-state index contributed by atoms with van der Waals surface area (Å²) in [7, 11) is 0. The van der Waals surface area contributed by atoms with Crippen molar-refractivity contribution < 1.29 is 13.2 Å². The zero-order valence-corrected chi connectivity index (χ0v) is 10.3. The minimum absolute atomic E-state index is 0.107. The Bertz CT molecular complexity index is 563. The van der Waals surface area contributed by atoms with Gasteiger partial charge in [0.15, 0.2) is 0 Å². The average Bonchev–Trinajstić information content (AvgIpc) is 2.81. The molecule has 0 saturated heterocycles. The molecule has 0 radical (unpaired) electrons. The van der Waals surface area contributed by atoms with Crippen LogP contribution in [0.5, 0.6) is 0 Å². The number of halogens is 2. The van der Waals surface area contributed by atoms with E-state index in [1.807, 2.05) is 6.92 Å². The molecular formula is C14H15F2NO. The molecule has 1 heterocycles. The fourth-order valence-corrected chi connectivity index (χ4v) is 1.80. The highest BCUT2D eigenvalue weighted by atomic mass is 19.1. The van der Waals surface area contributed by atoms with E-state index in [1.54, 1.807) is 12.1 Å². The largest absolute Gasteiger partial charge is 0.464 e. The minimum atomic E-state index is -0.791. The minimum Gasteiger partial charge on any atom is -0.464 e. The van der Waals surface area contributed by atoms with Gasteiger partial charge in [-0.2, -0.15) is 0 Å². The Morgan fingerprint density at radius 1 is 1.22 bits per heavy atom. The van der Waals surface area contributed by atoms with Crippen LogP contribution >= 0.6 is 0 Å². The van der Waals surface area contributed by atoms with Gasteiger partial charge < -0.3 is 10.2 Å². The summed E-state index contributed by atoms with van der Waals surface area (Å²) in [6.07, 6.45) is 0.734. The third-order valence-electron chi connectivity index (χ3n) is 2.95. The van der Waals surface area contributed by atoms with Crippen LogP contribution in [0, 0.1) is 18.6 Å². The number of rotatable bonds is 3. The highest BCUT2D eigenvalue weighted by Crippen LogP contribution is 2.26. The molecule has 0 aliphatic carbocycles. The standard InChI is InChI=1S/C14H15F2NO/c1-3-9-4-5-13(18-9)14(17)10-7-11(15)8(2)6-12(10)16/h4-7,14H,3,17H2,1-2H3. The van der Waals surface area contributed by atoms with E-state index in [0.717, 1.165) is 24.3 Å². The Morgan fingerprint density at radius 3 is 2.56 bits per heavy atom. The molecule has 0 aliphatic heterocycles. The van der Waals surface area contributed by atoms with Crippen molar-refractivity contribution in [2.45, 2.75) is 26.3 Å². The van der Waals surface area contributed by atoms with Crippen LogP contribution in [-0.4, -0.2) is 0 Å². The Balaban J connectivity index is 2.39. The van der Waals surface area contributed by atoms with E-state index in [-0.39, 0.29) is 11.1 Å². The zero-order chi connectivity index (χ0) is 13.3. The maximum Gasteiger partial charge on any atom is 0.128 e. The normalized spacial score (nSPS) is 12.7. The number of nitrogens with two attached hydrogens (primary N) is 1. The summed E-state index contributed by atoms with van der Waals surface area (Å²) >= 11 is 0. The van der Waals surface area contributed by atoms with Crippen LogP contribution in [0.3, 0.4) is 0 Å². The number of benzene rings is 1. The van der Waals surface area contributed by atoms with Crippen LogP contribution in [0.25, 0.3) is 0 Å². The van der Waals surface area contributed by atoms with Gasteiger partial charge in [0.05, 0.1) is 6.04 Å². The van der Waals surface area contributed by atoms with Crippen LogP contribution < -0.4 is 5.73 Å². The van der Waals surface area contributed by atoms with E-state index in [0.29, 0.717) is 5.76 Å². The van der Waals surface area contributed by atoms with Gasteiger partial charge in [-0.1, -0.05) is 6.92 Å². The van der Waals surface area contributed by atoms with Gasteiger partial charge in [-0.25, -0.2) is 8.78 Å². The van der Waals surface area contributed by atoms with Crippen molar-refractivity contribution in [3.63, 3.8) is 0 Å². The predicted octanol–water partition coefficient (Wildman–Crippen LogP) is 3.48. The first-order valence-electron chi connectivity index (χ1n) is 5.82. The highest BCUT2D eigenvalue weighted by Gasteiger charge is 2.18. The van der Waals surface area contributed by atoms with E-state index >= 15 is 0 Å². The van der Waals surface area contributed by atoms with Gasteiger partial charge in [-0.15, -0.1) is 0 Å². The molecule has 2 N–H and O–H groups in total. The molecule has 0 saturated carbocycles. The van der Waals surface area contributed by atoms with Crippen molar-refractivity contribution in [1.82, 2.24) is 0 Å². The summed E-state index contributed by atoms with van der Waals surface area (Å²) in [6.45, 7) is 3.45. The SMILES string of the molecule is CCc1ccc(C(N)c2cc(F)c(C)cc2F)o1. The number of hydrogen-bond donors (Lipinski definition) is 1. The molecule has 0 amide bonds. The van der Waals surface area contributed by atoms with E-state index in [9.17, 15) is 8.78 Å². The lowest BCUT2D eigenvalue weighted by Gasteiger charge is -2.11. The Labute approximate surface area is 104 Å². The summed E-state index contributed by atoms with van der Waals surface area (Å²) in [4.78, 5) is 0. The van der Waals surface area contributed by atoms with Gasteiger partial charge in [0.2, 0.25) is 0 Å². The zero-order valence-electron chi connectivity index (χ0n) is 10.3. The van der Waals surface area contributed by atoms with Gasteiger partial charge in [0.25, 0.3) is 0 Å². The Hall–Kier alpha value is -1.68.